The van der Waals surface area contributed by atoms with Crippen LogP contribution in [-0.2, 0) is 9.47 Å². The minimum absolute atomic E-state index is 0.0365. The Morgan fingerprint density at radius 1 is 1.40 bits per heavy atom. The standard InChI is InChI=1S/C10H21NO4/c1-3-6-7(4-12)15-8(5-14-2)9(11)10(6)13/h6-10,12-13H,3-5,11H2,1-2H3/p+1. The van der Waals surface area contributed by atoms with E-state index >= 15 is 0 Å². The van der Waals surface area contributed by atoms with Crippen LogP contribution in [0.5, 0.6) is 0 Å². The summed E-state index contributed by atoms with van der Waals surface area (Å²) < 4.78 is 10.7. The van der Waals surface area contributed by atoms with Crippen LogP contribution in [0, 0.1) is 5.92 Å². The van der Waals surface area contributed by atoms with E-state index in [4.69, 9.17) is 9.47 Å². The first-order valence-electron chi connectivity index (χ1n) is 5.42. The fraction of sp³-hybridized carbons (Fsp3) is 1.00. The highest BCUT2D eigenvalue weighted by molar-refractivity contribution is 4.90. The SMILES string of the molecule is CCC1C(CO)OC(COC)C([NH3+])C1O. The highest BCUT2D eigenvalue weighted by Gasteiger charge is 2.44. The lowest BCUT2D eigenvalue weighted by Gasteiger charge is -2.40. The molecular weight excluding hydrogens is 198 g/mol. The number of methoxy groups -OCH3 is 1. The number of rotatable bonds is 4. The van der Waals surface area contributed by atoms with Gasteiger partial charge in [-0.3, -0.25) is 0 Å². The van der Waals surface area contributed by atoms with Gasteiger partial charge in [-0.25, -0.2) is 0 Å². The van der Waals surface area contributed by atoms with Gasteiger partial charge in [0.15, 0.2) is 0 Å². The van der Waals surface area contributed by atoms with Gasteiger partial charge in [0.2, 0.25) is 0 Å². The summed E-state index contributed by atoms with van der Waals surface area (Å²) >= 11 is 0. The van der Waals surface area contributed by atoms with E-state index < -0.39 is 6.10 Å². The van der Waals surface area contributed by atoms with Crippen molar-refractivity contribution in [2.75, 3.05) is 20.3 Å². The molecular formula is C10H22NO4+. The minimum atomic E-state index is -0.527. The molecule has 5 unspecified atom stereocenters. The molecule has 1 heterocycles. The second kappa shape index (κ2) is 5.77. The molecule has 0 aromatic rings. The third kappa shape index (κ3) is 2.68. The van der Waals surface area contributed by atoms with Gasteiger partial charge >= 0.3 is 0 Å². The molecule has 15 heavy (non-hydrogen) atoms. The molecule has 0 aliphatic carbocycles. The van der Waals surface area contributed by atoms with Crippen molar-refractivity contribution in [1.29, 1.82) is 0 Å². The monoisotopic (exact) mass is 220 g/mol. The molecule has 1 saturated heterocycles. The molecule has 5 atom stereocenters. The van der Waals surface area contributed by atoms with Crippen LogP contribution < -0.4 is 5.73 Å². The number of quaternary nitrogens is 1. The van der Waals surface area contributed by atoms with Crippen molar-refractivity contribution in [3.05, 3.63) is 0 Å². The Labute approximate surface area is 90.2 Å². The Balaban J connectivity index is 2.68. The summed E-state index contributed by atoms with van der Waals surface area (Å²) in [6.45, 7) is 2.31. The zero-order chi connectivity index (χ0) is 11.4. The van der Waals surface area contributed by atoms with Crippen molar-refractivity contribution in [1.82, 2.24) is 0 Å². The summed E-state index contributed by atoms with van der Waals surface area (Å²) in [6.07, 6.45) is -0.285. The quantitative estimate of drug-likeness (QED) is 0.532. The van der Waals surface area contributed by atoms with Crippen molar-refractivity contribution < 1.29 is 25.4 Å². The van der Waals surface area contributed by atoms with E-state index in [1.165, 1.54) is 0 Å². The molecule has 5 heteroatoms. The van der Waals surface area contributed by atoms with Gasteiger partial charge in [0.1, 0.15) is 18.2 Å². The predicted octanol–water partition coefficient (Wildman–Crippen LogP) is -1.61. The Morgan fingerprint density at radius 2 is 2.07 bits per heavy atom. The average Bonchev–Trinajstić information content (AvgIpc) is 2.24. The number of hydrogen-bond acceptors (Lipinski definition) is 4. The lowest BCUT2D eigenvalue weighted by molar-refractivity contribution is -0.477. The maximum Gasteiger partial charge on any atom is 0.140 e. The molecule has 0 bridgehead atoms. The number of hydrogen-bond donors (Lipinski definition) is 3. The fourth-order valence-corrected chi connectivity index (χ4v) is 2.19. The van der Waals surface area contributed by atoms with Gasteiger partial charge in [-0.05, 0) is 6.42 Å². The Kier molecular flexibility index (Phi) is 4.95. The Morgan fingerprint density at radius 3 is 2.53 bits per heavy atom. The van der Waals surface area contributed by atoms with E-state index in [0.29, 0.717) is 6.61 Å². The van der Waals surface area contributed by atoms with E-state index in [9.17, 15) is 10.2 Å². The van der Waals surface area contributed by atoms with Crippen LogP contribution in [0.4, 0.5) is 0 Å². The molecule has 0 spiro atoms. The van der Waals surface area contributed by atoms with E-state index in [1.54, 1.807) is 7.11 Å². The van der Waals surface area contributed by atoms with Crippen LogP contribution in [0.3, 0.4) is 0 Å². The van der Waals surface area contributed by atoms with E-state index in [0.717, 1.165) is 6.42 Å². The highest BCUT2D eigenvalue weighted by atomic mass is 16.5. The lowest BCUT2D eigenvalue weighted by Crippen LogP contribution is -2.77. The van der Waals surface area contributed by atoms with Crippen LogP contribution >= 0.6 is 0 Å². The van der Waals surface area contributed by atoms with E-state index in [2.05, 4.69) is 5.73 Å². The molecule has 90 valence electrons. The van der Waals surface area contributed by atoms with Crippen LogP contribution in [0.2, 0.25) is 0 Å². The van der Waals surface area contributed by atoms with E-state index in [1.807, 2.05) is 6.92 Å². The van der Waals surface area contributed by atoms with Gasteiger partial charge in [-0.2, -0.15) is 0 Å². The molecule has 0 saturated carbocycles. The summed E-state index contributed by atoms with van der Waals surface area (Å²) in [5.74, 6) is -0.0365. The van der Waals surface area contributed by atoms with Gasteiger partial charge in [-0.15, -0.1) is 0 Å². The number of ether oxygens (including phenoxy) is 2. The smallest absolute Gasteiger partial charge is 0.140 e. The van der Waals surface area contributed by atoms with E-state index in [-0.39, 0.29) is 30.8 Å². The van der Waals surface area contributed by atoms with Gasteiger partial charge in [0, 0.05) is 13.0 Å². The maximum atomic E-state index is 10.0. The molecule has 0 amide bonds. The van der Waals surface area contributed by atoms with Gasteiger partial charge in [-0.1, -0.05) is 6.92 Å². The minimum Gasteiger partial charge on any atom is -0.394 e. The molecule has 0 radical (unpaired) electrons. The van der Waals surface area contributed by atoms with Gasteiger partial charge in [0.25, 0.3) is 0 Å². The molecule has 1 fully saturated rings. The van der Waals surface area contributed by atoms with Crippen molar-refractivity contribution >= 4 is 0 Å². The van der Waals surface area contributed by atoms with Crippen LogP contribution in [0.15, 0.2) is 0 Å². The summed E-state index contributed by atoms with van der Waals surface area (Å²) in [7, 11) is 1.59. The number of aliphatic hydroxyl groups excluding tert-OH is 2. The maximum absolute atomic E-state index is 10.0. The predicted molar refractivity (Wildman–Crippen MR) is 54.1 cm³/mol. The average molecular weight is 220 g/mol. The topological polar surface area (TPSA) is 86.6 Å². The summed E-state index contributed by atoms with van der Waals surface area (Å²) in [4.78, 5) is 0. The fourth-order valence-electron chi connectivity index (χ4n) is 2.19. The molecule has 1 aliphatic rings. The molecule has 1 aliphatic heterocycles. The molecule has 0 aromatic carbocycles. The van der Waals surface area contributed by atoms with Crippen LogP contribution in [0.25, 0.3) is 0 Å². The lowest BCUT2D eigenvalue weighted by atomic mass is 9.84. The normalized spacial score (nSPS) is 41.8. The third-order valence-electron chi connectivity index (χ3n) is 3.16. The molecule has 0 aromatic heterocycles. The summed E-state index contributed by atoms with van der Waals surface area (Å²) in [5, 5.41) is 19.2. The first-order chi connectivity index (χ1) is 7.15. The van der Waals surface area contributed by atoms with Crippen molar-refractivity contribution in [3.63, 3.8) is 0 Å². The Hall–Kier alpha value is -0.200. The molecule has 5 nitrogen and oxygen atoms in total. The largest absolute Gasteiger partial charge is 0.394 e. The summed E-state index contributed by atoms with van der Waals surface area (Å²) in [6, 6.07) is -0.197. The Bertz CT molecular complexity index is 186. The first-order valence-corrected chi connectivity index (χ1v) is 5.42. The zero-order valence-corrected chi connectivity index (χ0v) is 9.43. The molecule has 1 rings (SSSR count). The second-order valence-electron chi connectivity index (χ2n) is 4.08. The third-order valence-corrected chi connectivity index (χ3v) is 3.16. The van der Waals surface area contributed by atoms with Gasteiger partial charge < -0.3 is 25.4 Å². The van der Waals surface area contributed by atoms with Gasteiger partial charge in [0.05, 0.1) is 19.3 Å². The second-order valence-corrected chi connectivity index (χ2v) is 4.08. The van der Waals surface area contributed by atoms with Crippen molar-refractivity contribution in [3.8, 4) is 0 Å². The highest BCUT2D eigenvalue weighted by Crippen LogP contribution is 2.26. The first kappa shape index (κ1) is 12.9. The van der Waals surface area contributed by atoms with Crippen LogP contribution in [-0.4, -0.2) is 54.9 Å². The zero-order valence-electron chi connectivity index (χ0n) is 9.43. The molecule has 5 N–H and O–H groups in total. The van der Waals surface area contributed by atoms with Crippen LogP contribution in [0.1, 0.15) is 13.3 Å². The van der Waals surface area contributed by atoms with Crippen molar-refractivity contribution in [2.45, 2.75) is 37.7 Å². The number of aliphatic hydroxyl groups is 2. The summed E-state index contributed by atoms with van der Waals surface area (Å²) in [5.41, 5.74) is 3.91. The van der Waals surface area contributed by atoms with Crippen molar-refractivity contribution in [2.24, 2.45) is 5.92 Å².